The fraction of sp³-hybridized carbons (Fsp3) is 1.00. The summed E-state index contributed by atoms with van der Waals surface area (Å²) >= 11 is 0. The first-order valence-electron chi connectivity index (χ1n) is 7.00. The number of hydrogen-bond donors (Lipinski definition) is 9. The molecule has 11 nitrogen and oxygen atoms in total. The van der Waals surface area contributed by atoms with Gasteiger partial charge in [0.25, 0.3) is 0 Å². The molecular weight excluding hydrogens is 320 g/mol. The summed E-state index contributed by atoms with van der Waals surface area (Å²) in [4.78, 5) is 0. The van der Waals surface area contributed by atoms with E-state index in [1.807, 2.05) is 0 Å². The normalized spacial score (nSPS) is 37.2. The van der Waals surface area contributed by atoms with E-state index in [0.717, 1.165) is 0 Å². The van der Waals surface area contributed by atoms with Crippen molar-refractivity contribution in [3.8, 4) is 0 Å². The van der Waals surface area contributed by atoms with Gasteiger partial charge in [-0.2, -0.15) is 0 Å². The summed E-state index contributed by atoms with van der Waals surface area (Å²) in [6, 6.07) is 0. The van der Waals surface area contributed by atoms with Crippen LogP contribution in [0.5, 0.6) is 0 Å². The van der Waals surface area contributed by atoms with E-state index in [1.165, 1.54) is 0 Å². The molecule has 9 N–H and O–H groups in total. The number of ether oxygens (including phenoxy) is 2. The molecule has 0 unspecified atom stereocenters. The number of rotatable bonds is 8. The van der Waals surface area contributed by atoms with Gasteiger partial charge in [-0.25, -0.2) is 0 Å². The van der Waals surface area contributed by atoms with Gasteiger partial charge in [0.1, 0.15) is 48.8 Å². The van der Waals surface area contributed by atoms with Crippen molar-refractivity contribution in [2.75, 3.05) is 19.8 Å². The average molecular weight is 344 g/mol. The van der Waals surface area contributed by atoms with Gasteiger partial charge >= 0.3 is 0 Å². The molecule has 0 aromatic rings. The molecule has 1 rings (SSSR count). The van der Waals surface area contributed by atoms with Crippen molar-refractivity contribution in [3.05, 3.63) is 0 Å². The van der Waals surface area contributed by atoms with E-state index in [2.05, 4.69) is 0 Å². The second-order valence-electron chi connectivity index (χ2n) is 5.29. The van der Waals surface area contributed by atoms with Crippen LogP contribution in [-0.4, -0.2) is 121 Å². The lowest BCUT2D eigenvalue weighted by Crippen LogP contribution is -2.61. The summed E-state index contributed by atoms with van der Waals surface area (Å²) in [5.41, 5.74) is 0. The van der Waals surface area contributed by atoms with Gasteiger partial charge in [-0.15, -0.1) is 0 Å². The van der Waals surface area contributed by atoms with E-state index in [4.69, 9.17) is 24.8 Å². The fourth-order valence-electron chi connectivity index (χ4n) is 2.16. The highest BCUT2D eigenvalue weighted by molar-refractivity contribution is 4.91. The molecule has 9 atom stereocenters. The Kier molecular flexibility index (Phi) is 8.20. The van der Waals surface area contributed by atoms with E-state index in [0.29, 0.717) is 0 Å². The molecule has 1 aliphatic heterocycles. The third-order valence-corrected chi connectivity index (χ3v) is 3.62. The molecule has 0 aliphatic carbocycles. The molecule has 0 aromatic carbocycles. The third kappa shape index (κ3) is 4.78. The highest BCUT2D eigenvalue weighted by Crippen LogP contribution is 2.24. The Hall–Kier alpha value is -0.440. The van der Waals surface area contributed by atoms with Gasteiger partial charge in [0, 0.05) is 0 Å². The minimum atomic E-state index is -1.85. The summed E-state index contributed by atoms with van der Waals surface area (Å²) in [6.07, 6.45) is -15.1. The van der Waals surface area contributed by atoms with E-state index < -0.39 is 74.9 Å². The molecule has 1 heterocycles. The zero-order chi connectivity index (χ0) is 17.7. The summed E-state index contributed by atoms with van der Waals surface area (Å²) in [5, 5.41) is 84.9. The van der Waals surface area contributed by atoms with Crippen molar-refractivity contribution >= 4 is 0 Å². The Balaban J connectivity index is 2.89. The molecular formula is C12H24O11. The molecule has 0 amide bonds. The Morgan fingerprint density at radius 1 is 0.826 bits per heavy atom. The predicted octanol–water partition coefficient (Wildman–Crippen LogP) is -5.76. The monoisotopic (exact) mass is 344 g/mol. The molecule has 1 fully saturated rings. The van der Waals surface area contributed by atoms with Gasteiger partial charge in [0.05, 0.1) is 19.8 Å². The topological polar surface area (TPSA) is 201 Å². The van der Waals surface area contributed by atoms with Crippen molar-refractivity contribution in [2.24, 2.45) is 0 Å². The summed E-state index contributed by atoms with van der Waals surface area (Å²) in [6.45, 7) is -2.45. The van der Waals surface area contributed by atoms with Crippen LogP contribution in [0.15, 0.2) is 0 Å². The second kappa shape index (κ2) is 9.15. The SMILES string of the molecule is OC[C@H](O)[C@H](O)[C@@H](O[C@@H]1O[C@H](CO)[C@@H](O)[C@H](O)[C@H]1O)[C@@H](O)CO. The first kappa shape index (κ1) is 20.6. The zero-order valence-electron chi connectivity index (χ0n) is 12.2. The molecule has 23 heavy (non-hydrogen) atoms. The van der Waals surface area contributed by atoms with Crippen molar-refractivity contribution < 1.29 is 55.4 Å². The van der Waals surface area contributed by atoms with Crippen LogP contribution in [-0.2, 0) is 9.47 Å². The standard InChI is InChI=1S/C12H24O11/c13-1-4(16)7(18)11(5(17)2-14)23-12-10(21)9(20)8(19)6(3-15)22-12/h4-21H,1-3H2/t4-,5-,6+,7-,8+,9-,10+,11-,12-/m0/s1. The Bertz CT molecular complexity index is 341. The van der Waals surface area contributed by atoms with E-state index in [1.54, 1.807) is 0 Å². The van der Waals surface area contributed by atoms with Gasteiger partial charge in [-0.1, -0.05) is 0 Å². The maximum Gasteiger partial charge on any atom is 0.187 e. The minimum absolute atomic E-state index is 0.708. The number of aliphatic hydroxyl groups excluding tert-OH is 9. The maximum atomic E-state index is 9.83. The van der Waals surface area contributed by atoms with Crippen LogP contribution in [0, 0.1) is 0 Å². The Labute approximate surface area is 131 Å². The highest BCUT2D eigenvalue weighted by atomic mass is 16.7. The lowest BCUT2D eigenvalue weighted by Gasteiger charge is -2.42. The summed E-state index contributed by atoms with van der Waals surface area (Å²) < 4.78 is 10.1. The average Bonchev–Trinajstić information content (AvgIpc) is 2.57. The molecule has 11 heteroatoms. The number of hydrogen-bond acceptors (Lipinski definition) is 11. The van der Waals surface area contributed by atoms with Crippen LogP contribution in [0.3, 0.4) is 0 Å². The summed E-state index contributed by atoms with van der Waals surface area (Å²) in [5.74, 6) is 0. The van der Waals surface area contributed by atoms with Crippen LogP contribution in [0.1, 0.15) is 0 Å². The fourth-order valence-corrected chi connectivity index (χ4v) is 2.16. The van der Waals surface area contributed by atoms with Crippen LogP contribution in [0.25, 0.3) is 0 Å². The largest absolute Gasteiger partial charge is 0.394 e. The van der Waals surface area contributed by atoms with Gasteiger partial charge < -0.3 is 55.4 Å². The van der Waals surface area contributed by atoms with Crippen molar-refractivity contribution in [1.29, 1.82) is 0 Å². The first-order valence-corrected chi connectivity index (χ1v) is 7.00. The van der Waals surface area contributed by atoms with Gasteiger partial charge in [-0.3, -0.25) is 0 Å². The van der Waals surface area contributed by atoms with E-state index >= 15 is 0 Å². The number of aliphatic hydroxyl groups is 9. The second-order valence-corrected chi connectivity index (χ2v) is 5.29. The maximum absolute atomic E-state index is 9.83. The van der Waals surface area contributed by atoms with Gasteiger partial charge in [0.15, 0.2) is 6.29 Å². The molecule has 0 spiro atoms. The molecule has 0 radical (unpaired) electrons. The van der Waals surface area contributed by atoms with Crippen LogP contribution < -0.4 is 0 Å². The first-order chi connectivity index (χ1) is 10.8. The van der Waals surface area contributed by atoms with E-state index in [-0.39, 0.29) is 0 Å². The van der Waals surface area contributed by atoms with Gasteiger partial charge in [0.2, 0.25) is 0 Å². The van der Waals surface area contributed by atoms with Gasteiger partial charge in [-0.05, 0) is 0 Å². The van der Waals surface area contributed by atoms with Crippen molar-refractivity contribution in [3.63, 3.8) is 0 Å². The third-order valence-electron chi connectivity index (χ3n) is 3.62. The lowest BCUT2D eigenvalue weighted by atomic mass is 9.98. The zero-order valence-corrected chi connectivity index (χ0v) is 12.2. The molecule has 138 valence electrons. The minimum Gasteiger partial charge on any atom is -0.394 e. The Morgan fingerprint density at radius 3 is 1.87 bits per heavy atom. The predicted molar refractivity (Wildman–Crippen MR) is 70.8 cm³/mol. The summed E-state index contributed by atoms with van der Waals surface area (Å²) in [7, 11) is 0. The smallest absolute Gasteiger partial charge is 0.187 e. The van der Waals surface area contributed by atoms with Crippen molar-refractivity contribution in [2.45, 2.75) is 55.1 Å². The highest BCUT2D eigenvalue weighted by Gasteiger charge is 2.46. The van der Waals surface area contributed by atoms with E-state index in [9.17, 15) is 30.6 Å². The van der Waals surface area contributed by atoms with Crippen molar-refractivity contribution in [1.82, 2.24) is 0 Å². The quantitative estimate of drug-likeness (QED) is 0.203. The molecule has 0 bridgehead atoms. The van der Waals surface area contributed by atoms with Crippen LogP contribution in [0.2, 0.25) is 0 Å². The molecule has 1 aliphatic rings. The van der Waals surface area contributed by atoms with Crippen LogP contribution >= 0.6 is 0 Å². The molecule has 0 saturated carbocycles. The molecule has 1 saturated heterocycles. The molecule has 0 aromatic heterocycles. The lowest BCUT2D eigenvalue weighted by molar-refractivity contribution is -0.327. The van der Waals surface area contributed by atoms with Crippen LogP contribution in [0.4, 0.5) is 0 Å². The Morgan fingerprint density at radius 2 is 1.39 bits per heavy atom.